The van der Waals surface area contributed by atoms with E-state index in [1.165, 1.54) is 4.31 Å². The fraction of sp³-hybridized carbons (Fsp3) is 0.571. The molecule has 0 spiro atoms. The van der Waals surface area contributed by atoms with Crippen LogP contribution in [0.4, 0.5) is 0 Å². The number of ether oxygens (including phenoxy) is 2. The van der Waals surface area contributed by atoms with Gasteiger partial charge in [0.2, 0.25) is 10.0 Å². The van der Waals surface area contributed by atoms with Gasteiger partial charge in [-0.05, 0) is 52.0 Å². The molecule has 112 valence electrons. The molecule has 1 aromatic carbocycles. The summed E-state index contributed by atoms with van der Waals surface area (Å²) in [5, 5.41) is 0. The highest BCUT2D eigenvalue weighted by Crippen LogP contribution is 2.33. The molecule has 0 aromatic heterocycles. The second-order valence-corrected chi connectivity index (χ2v) is 7.24. The maximum absolute atomic E-state index is 12.7. The molecule has 0 aliphatic carbocycles. The summed E-state index contributed by atoms with van der Waals surface area (Å²) in [6.45, 7) is 8.31. The van der Waals surface area contributed by atoms with Crippen molar-refractivity contribution in [3.63, 3.8) is 0 Å². The minimum Gasteiger partial charge on any atom is -0.494 e. The van der Waals surface area contributed by atoms with E-state index in [1.54, 1.807) is 31.2 Å². The Labute approximate surface area is 120 Å². The largest absolute Gasteiger partial charge is 0.494 e. The van der Waals surface area contributed by atoms with Gasteiger partial charge in [-0.3, -0.25) is 0 Å². The Morgan fingerprint density at radius 1 is 1.35 bits per heavy atom. The van der Waals surface area contributed by atoms with Gasteiger partial charge < -0.3 is 9.47 Å². The van der Waals surface area contributed by atoms with Crippen LogP contribution >= 0.6 is 0 Å². The van der Waals surface area contributed by atoms with Crippen molar-refractivity contribution in [1.29, 1.82) is 0 Å². The van der Waals surface area contributed by atoms with Crippen LogP contribution in [0.1, 0.15) is 27.7 Å². The number of sulfonamides is 1. The zero-order valence-electron chi connectivity index (χ0n) is 12.3. The SMILES string of the molecule is CCOc1ccc(S(=O)(=O)N2C(C)OCC2(C)C)cc1. The first-order valence-electron chi connectivity index (χ1n) is 6.68. The standard InChI is InChI=1S/C14H21NO4S/c1-5-18-12-6-8-13(9-7-12)20(16,17)15-11(2)19-10-14(15,3)4/h6-9,11H,5,10H2,1-4H3. The Morgan fingerprint density at radius 3 is 2.40 bits per heavy atom. The van der Waals surface area contributed by atoms with E-state index in [9.17, 15) is 8.42 Å². The molecule has 0 bridgehead atoms. The van der Waals surface area contributed by atoms with E-state index in [0.29, 0.717) is 19.0 Å². The summed E-state index contributed by atoms with van der Waals surface area (Å²) >= 11 is 0. The van der Waals surface area contributed by atoms with Crippen molar-refractivity contribution >= 4 is 10.0 Å². The Balaban J connectivity index is 2.35. The van der Waals surface area contributed by atoms with Gasteiger partial charge in [-0.2, -0.15) is 4.31 Å². The number of benzene rings is 1. The zero-order valence-corrected chi connectivity index (χ0v) is 13.1. The van der Waals surface area contributed by atoms with Gasteiger partial charge in [-0.1, -0.05) is 0 Å². The summed E-state index contributed by atoms with van der Waals surface area (Å²) in [5.41, 5.74) is -0.545. The number of hydrogen-bond acceptors (Lipinski definition) is 4. The van der Waals surface area contributed by atoms with Crippen LogP contribution in [0.5, 0.6) is 5.75 Å². The van der Waals surface area contributed by atoms with E-state index in [0.717, 1.165) is 0 Å². The van der Waals surface area contributed by atoms with Crippen LogP contribution in [0.2, 0.25) is 0 Å². The van der Waals surface area contributed by atoms with Gasteiger partial charge in [-0.15, -0.1) is 0 Å². The molecule has 1 aromatic rings. The molecule has 2 rings (SSSR count). The molecule has 1 aliphatic heterocycles. The molecular formula is C14H21NO4S. The monoisotopic (exact) mass is 299 g/mol. The predicted molar refractivity (Wildman–Crippen MR) is 76.1 cm³/mol. The van der Waals surface area contributed by atoms with E-state index in [2.05, 4.69) is 0 Å². The summed E-state index contributed by atoms with van der Waals surface area (Å²) in [5.74, 6) is 0.663. The lowest BCUT2D eigenvalue weighted by Gasteiger charge is -2.30. The predicted octanol–water partition coefficient (Wildman–Crippen LogP) is 2.23. The van der Waals surface area contributed by atoms with Crippen LogP contribution in [0.25, 0.3) is 0 Å². The quantitative estimate of drug-likeness (QED) is 0.855. The minimum absolute atomic E-state index is 0.256. The van der Waals surface area contributed by atoms with E-state index < -0.39 is 21.8 Å². The molecular weight excluding hydrogens is 278 g/mol. The molecule has 6 heteroatoms. The van der Waals surface area contributed by atoms with Crippen molar-refractivity contribution in [2.75, 3.05) is 13.2 Å². The molecule has 1 unspecified atom stereocenters. The Morgan fingerprint density at radius 2 is 1.95 bits per heavy atom. The van der Waals surface area contributed by atoms with Gasteiger partial charge in [0.15, 0.2) is 0 Å². The van der Waals surface area contributed by atoms with E-state index in [-0.39, 0.29) is 4.90 Å². The molecule has 1 saturated heterocycles. The van der Waals surface area contributed by atoms with Gasteiger partial charge in [0.1, 0.15) is 12.0 Å². The van der Waals surface area contributed by atoms with Crippen LogP contribution in [0.15, 0.2) is 29.2 Å². The third-order valence-corrected chi connectivity index (χ3v) is 5.47. The minimum atomic E-state index is -3.57. The number of nitrogens with zero attached hydrogens (tertiary/aromatic N) is 1. The van der Waals surface area contributed by atoms with Crippen LogP contribution in [0, 0.1) is 0 Å². The van der Waals surface area contributed by atoms with Gasteiger partial charge in [0.25, 0.3) is 0 Å². The molecule has 0 radical (unpaired) electrons. The summed E-state index contributed by atoms with van der Waals surface area (Å²) in [4.78, 5) is 0.256. The molecule has 1 fully saturated rings. The number of hydrogen-bond donors (Lipinski definition) is 0. The average Bonchev–Trinajstić information content (AvgIpc) is 2.65. The van der Waals surface area contributed by atoms with Crippen molar-refractivity contribution in [1.82, 2.24) is 4.31 Å². The van der Waals surface area contributed by atoms with Crippen LogP contribution in [0.3, 0.4) is 0 Å². The molecule has 5 nitrogen and oxygen atoms in total. The number of rotatable bonds is 4. The lowest BCUT2D eigenvalue weighted by Crippen LogP contribution is -2.47. The Kier molecular flexibility index (Phi) is 4.09. The fourth-order valence-electron chi connectivity index (χ4n) is 2.46. The third-order valence-electron chi connectivity index (χ3n) is 3.30. The third kappa shape index (κ3) is 2.68. The maximum Gasteiger partial charge on any atom is 0.245 e. The first-order chi connectivity index (χ1) is 9.29. The van der Waals surface area contributed by atoms with E-state index >= 15 is 0 Å². The molecule has 1 aliphatic rings. The van der Waals surface area contributed by atoms with Crippen LogP contribution < -0.4 is 4.74 Å². The topological polar surface area (TPSA) is 55.8 Å². The molecule has 1 atom stereocenters. The molecule has 0 N–H and O–H groups in total. The van der Waals surface area contributed by atoms with Crippen molar-refractivity contribution in [2.24, 2.45) is 0 Å². The maximum atomic E-state index is 12.7. The van der Waals surface area contributed by atoms with Crippen molar-refractivity contribution in [3.05, 3.63) is 24.3 Å². The highest BCUT2D eigenvalue weighted by molar-refractivity contribution is 7.89. The molecule has 20 heavy (non-hydrogen) atoms. The van der Waals surface area contributed by atoms with Crippen LogP contribution in [-0.4, -0.2) is 37.7 Å². The summed E-state index contributed by atoms with van der Waals surface area (Å²) in [6.07, 6.45) is -0.457. The average molecular weight is 299 g/mol. The Bertz CT molecular complexity index is 565. The molecule has 0 amide bonds. The lowest BCUT2D eigenvalue weighted by atomic mass is 10.1. The van der Waals surface area contributed by atoms with Gasteiger partial charge in [0, 0.05) is 0 Å². The summed E-state index contributed by atoms with van der Waals surface area (Å²) < 4.78 is 37.7. The lowest BCUT2D eigenvalue weighted by molar-refractivity contribution is 0.0843. The second kappa shape index (κ2) is 5.35. The van der Waals surface area contributed by atoms with Crippen molar-refractivity contribution < 1.29 is 17.9 Å². The fourth-order valence-corrected chi connectivity index (χ4v) is 4.32. The molecule has 1 heterocycles. The van der Waals surface area contributed by atoms with Crippen molar-refractivity contribution in [2.45, 2.75) is 44.4 Å². The van der Waals surface area contributed by atoms with Gasteiger partial charge in [-0.25, -0.2) is 8.42 Å². The normalized spacial score (nSPS) is 22.9. The Hall–Kier alpha value is -1.11. The summed E-state index contributed by atoms with van der Waals surface area (Å²) in [7, 11) is -3.57. The van der Waals surface area contributed by atoms with Crippen molar-refractivity contribution in [3.8, 4) is 5.75 Å². The first kappa shape index (κ1) is 15.3. The van der Waals surface area contributed by atoms with Gasteiger partial charge in [0.05, 0.1) is 23.6 Å². The second-order valence-electron chi connectivity index (χ2n) is 5.43. The van der Waals surface area contributed by atoms with E-state index in [1.807, 2.05) is 20.8 Å². The zero-order chi connectivity index (χ0) is 15.0. The highest BCUT2D eigenvalue weighted by Gasteiger charge is 2.46. The first-order valence-corrected chi connectivity index (χ1v) is 8.12. The summed E-state index contributed by atoms with van der Waals surface area (Å²) in [6, 6.07) is 6.48. The van der Waals surface area contributed by atoms with E-state index in [4.69, 9.17) is 9.47 Å². The smallest absolute Gasteiger partial charge is 0.245 e. The highest BCUT2D eigenvalue weighted by atomic mass is 32.2. The molecule has 0 saturated carbocycles. The van der Waals surface area contributed by atoms with Crippen LogP contribution in [-0.2, 0) is 14.8 Å². The van der Waals surface area contributed by atoms with Gasteiger partial charge >= 0.3 is 0 Å².